The number of imide groups is 1. The van der Waals surface area contributed by atoms with Crippen molar-refractivity contribution in [3.8, 4) is 5.75 Å². The molecule has 0 bridgehead atoms. The number of methoxy groups -OCH3 is 1. The number of esters is 1. The first kappa shape index (κ1) is 25.4. The van der Waals surface area contributed by atoms with E-state index in [0.29, 0.717) is 11.3 Å². The van der Waals surface area contributed by atoms with Crippen LogP contribution in [-0.4, -0.2) is 40.1 Å². The third kappa shape index (κ3) is 5.84. The maximum Gasteiger partial charge on any atom is 0.328 e. The number of nitro groups is 1. The van der Waals surface area contributed by atoms with Gasteiger partial charge in [0.15, 0.2) is 0 Å². The lowest BCUT2D eigenvalue weighted by atomic mass is 10.2. The molecular weight excluding hydrogens is 678 g/mol. The van der Waals surface area contributed by atoms with Crippen LogP contribution < -0.4 is 4.74 Å². The van der Waals surface area contributed by atoms with Gasteiger partial charge in [-0.05, 0) is 105 Å². The second-order valence-corrected chi connectivity index (χ2v) is 10.1. The molecule has 0 N–H and O–H groups in total. The average Bonchev–Trinajstić information content (AvgIpc) is 3.05. The first-order chi connectivity index (χ1) is 15.6. The normalized spacial score (nSPS) is 15.6. The van der Waals surface area contributed by atoms with Crippen LogP contribution in [0.1, 0.15) is 18.1 Å². The van der Waals surface area contributed by atoms with Crippen LogP contribution >= 0.6 is 56.9 Å². The molecular formula is C21H16I2N2O7S. The summed E-state index contributed by atoms with van der Waals surface area (Å²) < 4.78 is 12.1. The van der Waals surface area contributed by atoms with Crippen molar-refractivity contribution < 1.29 is 28.8 Å². The van der Waals surface area contributed by atoms with Crippen molar-refractivity contribution in [3.63, 3.8) is 0 Å². The molecule has 0 saturated carbocycles. The van der Waals surface area contributed by atoms with E-state index in [1.54, 1.807) is 18.2 Å². The zero-order chi connectivity index (χ0) is 24.3. The molecule has 172 valence electrons. The minimum absolute atomic E-state index is 0.0117. The highest BCUT2D eigenvalue weighted by molar-refractivity contribution is 14.1. The highest BCUT2D eigenvalue weighted by atomic mass is 127. The first-order valence-electron chi connectivity index (χ1n) is 9.32. The Balaban J connectivity index is 1.76. The number of carbonyl (C=O) groups excluding carboxylic acids is 3. The molecule has 1 aliphatic rings. The summed E-state index contributed by atoms with van der Waals surface area (Å²) >= 11 is 4.99. The predicted octanol–water partition coefficient (Wildman–Crippen LogP) is 4.98. The van der Waals surface area contributed by atoms with Crippen LogP contribution in [0.5, 0.6) is 5.75 Å². The largest absolute Gasteiger partial charge is 0.487 e. The Labute approximate surface area is 220 Å². The summed E-state index contributed by atoms with van der Waals surface area (Å²) in [6, 6.07) is 8.73. The molecule has 0 radical (unpaired) electrons. The number of carbonyl (C=O) groups is 3. The van der Waals surface area contributed by atoms with Crippen molar-refractivity contribution >= 4 is 85.8 Å². The van der Waals surface area contributed by atoms with Gasteiger partial charge in [-0.3, -0.25) is 24.6 Å². The fraction of sp³-hybridized carbons (Fsp3) is 0.190. The van der Waals surface area contributed by atoms with Gasteiger partial charge in [-0.2, -0.15) is 0 Å². The third-order valence-corrected chi connectivity index (χ3v) is 7.09. The number of rotatable bonds is 7. The van der Waals surface area contributed by atoms with E-state index in [4.69, 9.17) is 4.74 Å². The van der Waals surface area contributed by atoms with E-state index in [2.05, 4.69) is 49.9 Å². The number of amides is 2. The fourth-order valence-electron chi connectivity index (χ4n) is 2.91. The molecule has 0 unspecified atom stereocenters. The van der Waals surface area contributed by atoms with Crippen molar-refractivity contribution in [1.29, 1.82) is 0 Å². The molecule has 2 amide bonds. The van der Waals surface area contributed by atoms with Gasteiger partial charge >= 0.3 is 5.97 Å². The molecule has 3 rings (SSSR count). The number of non-ortho nitro benzene ring substituents is 1. The van der Waals surface area contributed by atoms with Crippen molar-refractivity contribution in [2.45, 2.75) is 19.6 Å². The highest BCUT2D eigenvalue weighted by Crippen LogP contribution is 2.36. The first-order valence-corrected chi connectivity index (χ1v) is 12.3. The number of hydrogen-bond acceptors (Lipinski definition) is 8. The molecule has 12 heteroatoms. The van der Waals surface area contributed by atoms with E-state index in [0.717, 1.165) is 29.4 Å². The third-order valence-electron chi connectivity index (χ3n) is 4.60. The Morgan fingerprint density at radius 2 is 1.82 bits per heavy atom. The Hall–Kier alpha value is -2.20. The Kier molecular flexibility index (Phi) is 8.33. The van der Waals surface area contributed by atoms with Gasteiger partial charge in [0.05, 0.1) is 24.1 Å². The second-order valence-electron chi connectivity index (χ2n) is 6.78. The second kappa shape index (κ2) is 10.8. The van der Waals surface area contributed by atoms with E-state index in [1.165, 1.54) is 26.2 Å². The molecule has 1 atom stereocenters. The van der Waals surface area contributed by atoms with Crippen molar-refractivity contribution in [2.24, 2.45) is 0 Å². The highest BCUT2D eigenvalue weighted by Gasteiger charge is 2.41. The monoisotopic (exact) mass is 694 g/mol. The van der Waals surface area contributed by atoms with Crippen LogP contribution in [0.4, 0.5) is 10.5 Å². The minimum Gasteiger partial charge on any atom is -0.487 e. The summed E-state index contributed by atoms with van der Waals surface area (Å²) in [6.45, 7) is 1.67. The summed E-state index contributed by atoms with van der Waals surface area (Å²) in [6.07, 6.45) is 1.60. The molecule has 1 aliphatic heterocycles. The Morgan fingerprint density at radius 1 is 1.21 bits per heavy atom. The van der Waals surface area contributed by atoms with Gasteiger partial charge in [-0.25, -0.2) is 4.79 Å². The molecule has 0 spiro atoms. The van der Waals surface area contributed by atoms with Crippen LogP contribution in [0.2, 0.25) is 0 Å². The molecule has 33 heavy (non-hydrogen) atoms. The number of halogens is 2. The van der Waals surface area contributed by atoms with Gasteiger partial charge in [0.1, 0.15) is 18.4 Å². The van der Waals surface area contributed by atoms with Gasteiger partial charge in [0.25, 0.3) is 16.8 Å². The Bertz CT molecular complexity index is 1140. The summed E-state index contributed by atoms with van der Waals surface area (Å²) in [4.78, 5) is 48.1. The fourth-order valence-corrected chi connectivity index (χ4v) is 5.95. The lowest BCUT2D eigenvalue weighted by Crippen LogP contribution is -2.42. The van der Waals surface area contributed by atoms with E-state index in [9.17, 15) is 24.5 Å². The van der Waals surface area contributed by atoms with Crippen molar-refractivity contribution in [2.75, 3.05) is 7.11 Å². The molecule has 2 aromatic rings. The molecule has 0 aliphatic carbocycles. The molecule has 1 fully saturated rings. The van der Waals surface area contributed by atoms with Gasteiger partial charge in [0.2, 0.25) is 0 Å². The lowest BCUT2D eigenvalue weighted by Gasteiger charge is -2.18. The van der Waals surface area contributed by atoms with E-state index in [1.807, 2.05) is 12.1 Å². The van der Waals surface area contributed by atoms with Crippen LogP contribution in [0.25, 0.3) is 6.08 Å². The maximum absolute atomic E-state index is 12.7. The molecule has 0 aromatic heterocycles. The number of ether oxygens (including phenoxy) is 2. The lowest BCUT2D eigenvalue weighted by molar-refractivity contribution is -0.384. The average molecular weight is 694 g/mol. The van der Waals surface area contributed by atoms with Gasteiger partial charge < -0.3 is 9.47 Å². The summed E-state index contributed by atoms with van der Waals surface area (Å²) in [5, 5.41) is 10.2. The van der Waals surface area contributed by atoms with E-state index in [-0.39, 0.29) is 17.2 Å². The quantitative estimate of drug-likeness (QED) is 0.131. The standard InChI is InChI=1S/C21H16I2N2O7S/c1-11(20(27)31-2)24-19(26)17(33-21(24)28)9-13-7-15(22)18(16(23)8-13)32-10-12-3-5-14(6-4-12)25(29)30/h3-9,11H,10H2,1-2H3/b17-9+/t11-/m0/s1. The number of benzene rings is 2. The number of hydrogen-bond donors (Lipinski definition) is 0. The number of nitrogens with zero attached hydrogens (tertiary/aromatic N) is 2. The Morgan fingerprint density at radius 3 is 2.36 bits per heavy atom. The minimum atomic E-state index is -1.01. The molecule has 1 heterocycles. The van der Waals surface area contributed by atoms with E-state index >= 15 is 0 Å². The van der Waals surface area contributed by atoms with Crippen LogP contribution in [0, 0.1) is 17.3 Å². The zero-order valence-corrected chi connectivity index (χ0v) is 22.4. The van der Waals surface area contributed by atoms with Crippen LogP contribution in [0.15, 0.2) is 41.3 Å². The van der Waals surface area contributed by atoms with Gasteiger partial charge in [0, 0.05) is 12.1 Å². The van der Waals surface area contributed by atoms with Crippen LogP contribution in [0.3, 0.4) is 0 Å². The summed E-state index contributed by atoms with van der Waals surface area (Å²) in [5.74, 6) is -0.581. The SMILES string of the molecule is COC(=O)[C@H](C)N1C(=O)S/C(=C/c2cc(I)c(OCc3ccc([N+](=O)[O-])cc3)c(I)c2)C1=O. The van der Waals surface area contributed by atoms with Gasteiger partial charge in [-0.1, -0.05) is 0 Å². The smallest absolute Gasteiger partial charge is 0.328 e. The van der Waals surface area contributed by atoms with E-state index < -0.39 is 28.1 Å². The van der Waals surface area contributed by atoms with Gasteiger partial charge in [-0.15, -0.1) is 0 Å². The predicted molar refractivity (Wildman–Crippen MR) is 139 cm³/mol. The topological polar surface area (TPSA) is 116 Å². The van der Waals surface area contributed by atoms with Crippen molar-refractivity contribution in [1.82, 2.24) is 4.90 Å². The molecule has 2 aromatic carbocycles. The maximum atomic E-state index is 12.7. The molecule has 1 saturated heterocycles. The van der Waals surface area contributed by atoms with Crippen LogP contribution in [-0.2, 0) is 20.9 Å². The number of nitro benzene ring substituents is 1. The zero-order valence-electron chi connectivity index (χ0n) is 17.2. The molecule has 9 nitrogen and oxygen atoms in total. The number of thioether (sulfide) groups is 1. The van der Waals surface area contributed by atoms with Crippen molar-refractivity contribution in [3.05, 3.63) is 69.7 Å². The summed E-state index contributed by atoms with van der Waals surface area (Å²) in [5.41, 5.74) is 1.49. The summed E-state index contributed by atoms with van der Waals surface area (Å²) in [7, 11) is 1.20.